The molecule has 2 aliphatic heterocycles. The molecule has 32 heavy (non-hydrogen) atoms. The van der Waals surface area contributed by atoms with Crippen LogP contribution in [0.25, 0.3) is 21.5 Å². The van der Waals surface area contributed by atoms with Gasteiger partial charge < -0.3 is 15.0 Å². The Hall–Kier alpha value is -3.00. The van der Waals surface area contributed by atoms with Crippen molar-refractivity contribution in [3.63, 3.8) is 0 Å². The molecular formula is C22H19N6O2PS. The Labute approximate surface area is 190 Å². The first-order valence-corrected chi connectivity index (χ1v) is 11.7. The second-order valence-corrected chi connectivity index (χ2v) is 9.33. The molecule has 10 heteroatoms. The summed E-state index contributed by atoms with van der Waals surface area (Å²) in [7, 11) is 2.78. The van der Waals surface area contributed by atoms with Crippen molar-refractivity contribution in [3.8, 4) is 11.3 Å². The molecule has 2 aliphatic rings. The molecule has 1 amide bonds. The van der Waals surface area contributed by atoms with Crippen molar-refractivity contribution in [2.45, 2.75) is 5.92 Å². The molecule has 0 radical (unpaired) electrons. The number of rotatable bonds is 3. The van der Waals surface area contributed by atoms with Crippen LogP contribution < -0.4 is 15.5 Å². The smallest absolute Gasteiger partial charge is 0.239 e. The van der Waals surface area contributed by atoms with Gasteiger partial charge in [0.15, 0.2) is 5.82 Å². The van der Waals surface area contributed by atoms with Gasteiger partial charge in [0.2, 0.25) is 5.91 Å². The molecule has 0 spiro atoms. The fourth-order valence-electron chi connectivity index (χ4n) is 4.21. The minimum atomic E-state index is -0.493. The second kappa shape index (κ2) is 7.85. The van der Waals surface area contributed by atoms with Crippen LogP contribution in [0.4, 0.5) is 10.8 Å². The van der Waals surface area contributed by atoms with Gasteiger partial charge in [-0.1, -0.05) is 12.1 Å². The van der Waals surface area contributed by atoms with Gasteiger partial charge in [-0.15, -0.1) is 20.6 Å². The number of anilines is 2. The molecule has 0 aliphatic carbocycles. The van der Waals surface area contributed by atoms with E-state index in [9.17, 15) is 4.79 Å². The summed E-state index contributed by atoms with van der Waals surface area (Å²) >= 11 is 1.70. The zero-order valence-corrected chi connectivity index (χ0v) is 19.0. The van der Waals surface area contributed by atoms with Gasteiger partial charge in [0, 0.05) is 31.0 Å². The van der Waals surface area contributed by atoms with E-state index in [1.165, 1.54) is 5.00 Å². The highest BCUT2D eigenvalue weighted by molar-refractivity contribution is 7.28. The molecular weight excluding hydrogens is 443 g/mol. The molecule has 4 aromatic rings. The first-order valence-electron chi connectivity index (χ1n) is 10.3. The van der Waals surface area contributed by atoms with Gasteiger partial charge in [-0.25, -0.2) is 15.0 Å². The van der Waals surface area contributed by atoms with Crippen molar-refractivity contribution < 1.29 is 9.53 Å². The number of nitrogens with one attached hydrogen (secondary N) is 1. The van der Waals surface area contributed by atoms with Crippen LogP contribution >= 0.6 is 20.6 Å². The number of nitrogens with zero attached hydrogens (tertiary/aromatic N) is 5. The van der Waals surface area contributed by atoms with Gasteiger partial charge in [0.05, 0.1) is 39.8 Å². The zero-order valence-electron chi connectivity index (χ0n) is 17.0. The van der Waals surface area contributed by atoms with Gasteiger partial charge in [0.25, 0.3) is 0 Å². The number of ether oxygens (including phenoxy) is 1. The lowest BCUT2D eigenvalue weighted by Crippen LogP contribution is -2.35. The van der Waals surface area contributed by atoms with Crippen LogP contribution in [-0.4, -0.2) is 52.1 Å². The van der Waals surface area contributed by atoms with Gasteiger partial charge >= 0.3 is 0 Å². The highest BCUT2D eigenvalue weighted by Crippen LogP contribution is 2.39. The third-order valence-electron chi connectivity index (χ3n) is 5.79. The highest BCUT2D eigenvalue weighted by Gasteiger charge is 2.34. The lowest BCUT2D eigenvalue weighted by molar-refractivity contribution is -0.116. The third-order valence-corrected chi connectivity index (χ3v) is 7.49. The van der Waals surface area contributed by atoms with E-state index >= 15 is 0 Å². The Kier molecular flexibility index (Phi) is 4.82. The van der Waals surface area contributed by atoms with Gasteiger partial charge in [0.1, 0.15) is 12.2 Å². The van der Waals surface area contributed by atoms with Crippen LogP contribution in [0.15, 0.2) is 43.0 Å². The number of hydrogen-bond acceptors (Lipinski definition) is 8. The molecule has 1 N–H and O–H groups in total. The van der Waals surface area contributed by atoms with Gasteiger partial charge in [-0.2, -0.15) is 0 Å². The largest absolute Gasteiger partial charge is 0.378 e. The summed E-state index contributed by atoms with van der Waals surface area (Å²) in [6.07, 6.45) is 4.80. The van der Waals surface area contributed by atoms with Crippen molar-refractivity contribution in [2.24, 2.45) is 0 Å². The van der Waals surface area contributed by atoms with Crippen molar-refractivity contribution >= 4 is 52.8 Å². The molecule has 0 saturated carbocycles. The molecule has 2 unspecified atom stereocenters. The van der Waals surface area contributed by atoms with E-state index in [2.05, 4.69) is 45.5 Å². The van der Waals surface area contributed by atoms with Crippen LogP contribution in [0.3, 0.4) is 0 Å². The number of aromatic nitrogens is 4. The summed E-state index contributed by atoms with van der Waals surface area (Å²) in [6, 6.07) is 8.12. The normalized spacial score (nSPS) is 18.1. The minimum absolute atomic E-state index is 0.118. The van der Waals surface area contributed by atoms with Crippen molar-refractivity contribution in [1.82, 2.24) is 19.9 Å². The molecule has 2 atom stereocenters. The average molecular weight is 462 g/mol. The lowest BCUT2D eigenvalue weighted by Gasteiger charge is -2.27. The molecule has 8 nitrogen and oxygen atoms in total. The van der Waals surface area contributed by atoms with Crippen molar-refractivity contribution in [1.29, 1.82) is 0 Å². The van der Waals surface area contributed by atoms with Gasteiger partial charge in [-0.05, 0) is 23.0 Å². The number of carbonyl (C=O) groups is 1. The number of thiophene rings is 1. The van der Waals surface area contributed by atoms with E-state index in [1.807, 2.05) is 18.2 Å². The molecule has 3 aromatic heterocycles. The van der Waals surface area contributed by atoms with Crippen molar-refractivity contribution in [2.75, 3.05) is 36.5 Å². The predicted molar refractivity (Wildman–Crippen MR) is 128 cm³/mol. The lowest BCUT2D eigenvalue weighted by atomic mass is 9.94. The summed E-state index contributed by atoms with van der Waals surface area (Å²) in [5.74, 6) is -0.0864. The fourth-order valence-corrected chi connectivity index (χ4v) is 5.69. The molecule has 0 bridgehead atoms. The number of carbonyl (C=O) groups excluding carboxylic acids is 1. The van der Waals surface area contributed by atoms with Crippen LogP contribution in [0.5, 0.6) is 0 Å². The van der Waals surface area contributed by atoms with Crippen LogP contribution in [0, 0.1) is 0 Å². The number of amides is 1. The first kappa shape index (κ1) is 19.7. The molecule has 160 valence electrons. The quantitative estimate of drug-likeness (QED) is 0.468. The maximum absolute atomic E-state index is 12.7. The Balaban J connectivity index is 1.45. The second-order valence-electron chi connectivity index (χ2n) is 7.68. The van der Waals surface area contributed by atoms with E-state index in [0.29, 0.717) is 11.5 Å². The molecule has 1 saturated heterocycles. The first-order chi connectivity index (χ1) is 15.7. The minimum Gasteiger partial charge on any atom is -0.378 e. The predicted octanol–water partition coefficient (Wildman–Crippen LogP) is 2.57. The maximum Gasteiger partial charge on any atom is 0.239 e. The fraction of sp³-hybridized carbons (Fsp3) is 0.227. The average Bonchev–Trinajstić information content (AvgIpc) is 3.41. The third kappa shape index (κ3) is 3.24. The van der Waals surface area contributed by atoms with E-state index in [4.69, 9.17) is 4.74 Å². The monoisotopic (exact) mass is 462 g/mol. The van der Waals surface area contributed by atoms with Crippen LogP contribution in [0.2, 0.25) is 0 Å². The summed E-state index contributed by atoms with van der Waals surface area (Å²) in [4.78, 5) is 32.8. The Morgan fingerprint density at radius 1 is 1.09 bits per heavy atom. The number of fused-ring (bicyclic) bond motifs is 2. The van der Waals surface area contributed by atoms with E-state index in [-0.39, 0.29) is 5.91 Å². The summed E-state index contributed by atoms with van der Waals surface area (Å²) in [5.41, 5.74) is 4.26. The zero-order chi connectivity index (χ0) is 21.7. The van der Waals surface area contributed by atoms with Crippen LogP contribution in [-0.2, 0) is 9.53 Å². The highest BCUT2D eigenvalue weighted by atomic mass is 32.1. The van der Waals surface area contributed by atoms with E-state index in [0.717, 1.165) is 58.6 Å². The SMILES string of the molecule is O=C1Nc2nccnc2C1c1ccc(P)c(-c2ncnc3cc(N4CCOCC4)sc23)c1. The Morgan fingerprint density at radius 3 is 2.81 bits per heavy atom. The Bertz CT molecular complexity index is 1350. The summed E-state index contributed by atoms with van der Waals surface area (Å²) in [5, 5.41) is 5.01. The molecule has 6 rings (SSSR count). The topological polar surface area (TPSA) is 93.1 Å². The number of morpholine rings is 1. The van der Waals surface area contributed by atoms with E-state index < -0.39 is 5.92 Å². The summed E-state index contributed by atoms with van der Waals surface area (Å²) < 4.78 is 6.52. The molecule has 1 aromatic carbocycles. The molecule has 5 heterocycles. The number of benzene rings is 1. The summed E-state index contributed by atoms with van der Waals surface area (Å²) in [6.45, 7) is 3.21. The standard InChI is InChI=1S/C22H19N6O2PS/c29-22-17(19-21(27-22)24-4-3-23-19)12-1-2-15(31)13(9-12)18-20-14(25-11-26-18)10-16(32-20)28-5-7-30-8-6-28/h1-4,9-11,17H,5-8,31H2,(H,24,27,29). The Morgan fingerprint density at radius 2 is 1.94 bits per heavy atom. The number of hydrogen-bond donors (Lipinski definition) is 1. The maximum atomic E-state index is 12.7. The van der Waals surface area contributed by atoms with E-state index in [1.54, 1.807) is 30.1 Å². The van der Waals surface area contributed by atoms with Crippen molar-refractivity contribution in [3.05, 3.63) is 54.2 Å². The molecule has 1 fully saturated rings. The van der Waals surface area contributed by atoms with Gasteiger partial charge in [-0.3, -0.25) is 9.78 Å². The van der Waals surface area contributed by atoms with Crippen LogP contribution in [0.1, 0.15) is 17.2 Å².